The molecule has 0 heterocycles. The van der Waals surface area contributed by atoms with Gasteiger partial charge in [-0.3, -0.25) is 0 Å². The fraction of sp³-hybridized carbons (Fsp3) is 1.00. The Morgan fingerprint density at radius 1 is 0.333 bits per heavy atom. The average molecular weight is 1340 g/mol. The largest absolute Gasteiger partial charge is 0.0654 e. The number of hydrogen-bond acceptors (Lipinski definition) is 0. The fourth-order valence-corrected chi connectivity index (χ4v) is 21.6. The van der Waals surface area contributed by atoms with Crippen molar-refractivity contribution in [1.29, 1.82) is 0 Å². The summed E-state index contributed by atoms with van der Waals surface area (Å²) in [6.07, 6.45) is 71.0. The molecule has 0 aromatic rings. The van der Waals surface area contributed by atoms with Crippen LogP contribution in [0, 0.1) is 133 Å². The molecule has 14 fully saturated rings. The van der Waals surface area contributed by atoms with Gasteiger partial charge in [-0.15, -0.1) is 0 Å². The van der Waals surface area contributed by atoms with Gasteiger partial charge in [0.25, 0.3) is 0 Å². The highest BCUT2D eigenvalue weighted by Gasteiger charge is 2.39. The van der Waals surface area contributed by atoms with Crippen LogP contribution in [-0.4, -0.2) is 0 Å². The van der Waals surface area contributed by atoms with E-state index in [2.05, 4.69) is 173 Å². The minimum atomic E-state index is 0.653. The van der Waals surface area contributed by atoms with Crippen molar-refractivity contribution < 1.29 is 0 Å². The van der Waals surface area contributed by atoms with Gasteiger partial charge in [0.1, 0.15) is 0 Å². The summed E-state index contributed by atoms with van der Waals surface area (Å²) in [4.78, 5) is 0. The molecule has 0 aromatic heterocycles. The highest BCUT2D eigenvalue weighted by molar-refractivity contribution is 4.90. The van der Waals surface area contributed by atoms with Gasteiger partial charge in [0.05, 0.1) is 0 Å². The van der Waals surface area contributed by atoms with E-state index in [1.807, 2.05) is 0 Å². The van der Waals surface area contributed by atoms with E-state index in [1.165, 1.54) is 257 Å². The molecule has 0 nitrogen and oxygen atoms in total. The van der Waals surface area contributed by atoms with Crippen LogP contribution in [0.5, 0.6) is 0 Å². The van der Waals surface area contributed by atoms with Crippen molar-refractivity contribution in [1.82, 2.24) is 0 Å². The van der Waals surface area contributed by atoms with Crippen molar-refractivity contribution in [2.45, 2.75) is 481 Å². The van der Waals surface area contributed by atoms with Gasteiger partial charge in [0, 0.05) is 0 Å². The van der Waals surface area contributed by atoms with Gasteiger partial charge in [-0.05, 0) is 255 Å². The topological polar surface area (TPSA) is 0 Å². The van der Waals surface area contributed by atoms with Crippen LogP contribution in [0.3, 0.4) is 0 Å². The van der Waals surface area contributed by atoms with Gasteiger partial charge in [-0.2, -0.15) is 0 Å². The van der Waals surface area contributed by atoms with Crippen LogP contribution >= 0.6 is 0 Å². The zero-order chi connectivity index (χ0) is 71.8. The standard InChI is InChI=1S/2C8H14.10C8H16/c1-6-4-7-2-3-8(6)5-7;1-6-7-2-3-8(6)5-4-7;1-6-4-7(2)8(3)5-6;1-7-4-5-8(2,3)6-7;2*1-7-5-4-6-8(7,2)3;1-8(2)6-4-3-5-7-8;1-7(2)8-5-3-4-6-8;2*1-3-8(2)6-4-5-7-8;1-3-8-6-4-5-7(8)2;1-2-5-8-6-3-4-7-8/h2*6-8H,2-5H2,1H3;6-8H,4-5H2,1-3H3;3*7H,4-6H2,1-3H3;3-7H2,1-2H3;7-8H,3-6H2,1-2H3;2*3-7H2,1-2H3;7-8H,3-6H2,1-2H3;8H,2-7H2,1H3/t;;;2*7-;;;;;;;/m...00......./s1. The van der Waals surface area contributed by atoms with Crippen LogP contribution in [0.2, 0.25) is 0 Å². The van der Waals surface area contributed by atoms with Gasteiger partial charge in [0.15, 0.2) is 0 Å². The maximum Gasteiger partial charge on any atom is -0.0328 e. The van der Waals surface area contributed by atoms with Gasteiger partial charge in [-0.1, -0.05) is 359 Å². The maximum absolute atomic E-state index is 2.44. The highest BCUT2D eigenvalue weighted by Crippen LogP contribution is 2.50. The smallest absolute Gasteiger partial charge is 0.0328 e. The van der Waals surface area contributed by atoms with E-state index >= 15 is 0 Å². The third kappa shape index (κ3) is 35.7. The van der Waals surface area contributed by atoms with E-state index < -0.39 is 0 Å². The molecule has 14 aliphatic rings. The first-order valence-corrected chi connectivity index (χ1v) is 45.1. The Kier molecular flexibility index (Phi) is 43.3. The van der Waals surface area contributed by atoms with E-state index in [0.717, 1.165) is 111 Å². The fourth-order valence-electron chi connectivity index (χ4n) is 21.6. The van der Waals surface area contributed by atoms with Crippen LogP contribution in [0.1, 0.15) is 481 Å². The minimum Gasteiger partial charge on any atom is -0.0654 e. The summed E-state index contributed by atoms with van der Waals surface area (Å²) >= 11 is 0. The lowest BCUT2D eigenvalue weighted by molar-refractivity contribution is 0.244. The number of rotatable bonds is 6. The molecular weight excluding hydrogens is 1150 g/mol. The van der Waals surface area contributed by atoms with Gasteiger partial charge in [-0.25, -0.2) is 0 Å². The van der Waals surface area contributed by atoms with E-state index in [9.17, 15) is 0 Å². The molecule has 96 heavy (non-hydrogen) atoms. The quantitative estimate of drug-likeness (QED) is 0.249. The molecular formula is C96H188. The Labute approximate surface area is 610 Å². The zero-order valence-corrected chi connectivity index (χ0v) is 71.8. The van der Waals surface area contributed by atoms with Crippen molar-refractivity contribution in [2.24, 2.45) is 133 Å². The van der Waals surface area contributed by atoms with E-state index in [0.29, 0.717) is 21.7 Å². The van der Waals surface area contributed by atoms with Crippen LogP contribution in [0.4, 0.5) is 0 Å². The van der Waals surface area contributed by atoms with Crippen molar-refractivity contribution in [3.63, 3.8) is 0 Å². The summed E-state index contributed by atoms with van der Waals surface area (Å²) in [7, 11) is 0. The second-order valence-corrected chi connectivity index (χ2v) is 42.1. The molecule has 0 spiro atoms. The summed E-state index contributed by atoms with van der Waals surface area (Å²) < 4.78 is 0. The Bertz CT molecular complexity index is 1750. The first-order valence-electron chi connectivity index (χ1n) is 45.1. The van der Waals surface area contributed by atoms with E-state index in [1.54, 1.807) is 51.4 Å². The lowest BCUT2D eigenvalue weighted by Crippen LogP contribution is -2.14. The molecule has 10 atom stereocenters. The molecule has 0 aromatic carbocycles. The molecule has 0 saturated heterocycles. The molecule has 0 radical (unpaired) electrons. The second-order valence-electron chi connectivity index (χ2n) is 42.1. The maximum atomic E-state index is 2.44. The normalized spacial score (nSPS) is 35.3. The molecule has 14 aliphatic carbocycles. The zero-order valence-electron chi connectivity index (χ0n) is 71.8. The highest BCUT2D eigenvalue weighted by atomic mass is 14.4. The summed E-state index contributed by atoms with van der Waals surface area (Å²) in [6.45, 7) is 59.2. The van der Waals surface area contributed by atoms with Crippen LogP contribution in [-0.2, 0) is 0 Å². The monoisotopic (exact) mass is 1340 g/mol. The number of fused-ring (bicyclic) bond motifs is 4. The molecule has 0 aliphatic heterocycles. The first kappa shape index (κ1) is 90.2. The Balaban J connectivity index is 0.000000273. The lowest BCUT2D eigenvalue weighted by Gasteiger charge is -2.28. The van der Waals surface area contributed by atoms with Crippen molar-refractivity contribution in [3.05, 3.63) is 0 Å². The molecule has 14 rings (SSSR count). The Morgan fingerprint density at radius 3 is 0.969 bits per heavy atom. The van der Waals surface area contributed by atoms with Crippen LogP contribution in [0.25, 0.3) is 0 Å². The van der Waals surface area contributed by atoms with Crippen LogP contribution in [0.15, 0.2) is 0 Å². The Morgan fingerprint density at radius 2 is 0.781 bits per heavy atom. The van der Waals surface area contributed by atoms with Gasteiger partial charge in [0.2, 0.25) is 0 Å². The van der Waals surface area contributed by atoms with Crippen molar-refractivity contribution in [2.75, 3.05) is 0 Å². The molecule has 0 heteroatoms. The molecule has 572 valence electrons. The third-order valence-electron chi connectivity index (χ3n) is 31.3. The van der Waals surface area contributed by atoms with Crippen molar-refractivity contribution in [3.8, 4) is 0 Å². The first-order chi connectivity index (χ1) is 45.1. The molecule has 0 N–H and O–H groups in total. The number of hydrogen-bond donors (Lipinski definition) is 0. The van der Waals surface area contributed by atoms with Gasteiger partial charge < -0.3 is 0 Å². The van der Waals surface area contributed by atoms with Crippen LogP contribution < -0.4 is 0 Å². The predicted octanol–water partition coefficient (Wildman–Crippen LogP) is 33.6. The molecule has 4 bridgehead atoms. The molecule has 0 amide bonds. The predicted molar refractivity (Wildman–Crippen MR) is 437 cm³/mol. The average Bonchev–Trinajstić information content (AvgIpc) is 1.70. The third-order valence-corrected chi connectivity index (χ3v) is 31.3. The lowest BCUT2D eigenvalue weighted by atomic mass is 9.78. The molecule has 8 unspecified atom stereocenters. The van der Waals surface area contributed by atoms with Gasteiger partial charge >= 0.3 is 0 Å². The Hall–Kier alpha value is 0. The minimum absolute atomic E-state index is 0.653. The molecule has 14 saturated carbocycles. The van der Waals surface area contributed by atoms with Crippen molar-refractivity contribution >= 4 is 0 Å². The summed E-state index contributed by atoms with van der Waals surface area (Å²) in [6, 6.07) is 0. The van der Waals surface area contributed by atoms with E-state index in [-0.39, 0.29) is 0 Å². The summed E-state index contributed by atoms with van der Waals surface area (Å²) in [5.41, 5.74) is 4.12. The van der Waals surface area contributed by atoms with E-state index in [4.69, 9.17) is 0 Å². The SMILES string of the molecule is CC(C)C1CCCC1.CC1(C)CCCCC1.CC1C2CCC1CC2.CC1CC(C)C(C)C1.CC1CC2CCC1C2.CC1CCCC1(C)C.CCC1(C)CCCC1.CCC1(C)CCCC1.CCC1CCCC1C.CCCC1CCCC1.C[C@H]1CCC(C)(C)C1.C[C@H]1CCCC1(C)C. The second kappa shape index (κ2) is 46.1. The summed E-state index contributed by atoms with van der Waals surface area (Å²) in [5.74, 6) is 17.8. The summed E-state index contributed by atoms with van der Waals surface area (Å²) in [5, 5.41) is 0.